The normalized spacial score (nSPS) is 11.1. The van der Waals surface area contributed by atoms with Crippen LogP contribution in [0.2, 0.25) is 0 Å². The van der Waals surface area contributed by atoms with Gasteiger partial charge in [-0.15, -0.1) is 10.2 Å². The van der Waals surface area contributed by atoms with E-state index in [0.29, 0.717) is 18.7 Å². The molecule has 0 aliphatic heterocycles. The summed E-state index contributed by atoms with van der Waals surface area (Å²) in [6.45, 7) is 2.35. The van der Waals surface area contributed by atoms with Gasteiger partial charge in [-0.3, -0.25) is 4.79 Å². The first-order valence-electron chi connectivity index (χ1n) is 8.09. The third-order valence-corrected chi connectivity index (χ3v) is 3.80. The van der Waals surface area contributed by atoms with E-state index in [0.717, 1.165) is 23.0 Å². The van der Waals surface area contributed by atoms with E-state index in [-0.39, 0.29) is 5.91 Å². The fourth-order valence-corrected chi connectivity index (χ4v) is 2.48. The SMILES string of the molecule is Cc1ccc(/C=C/C(=O)NCCc2nnc(-c3ccccc3)n2C)o1. The van der Waals surface area contributed by atoms with E-state index in [2.05, 4.69) is 15.5 Å². The van der Waals surface area contributed by atoms with Gasteiger partial charge in [0.1, 0.15) is 17.3 Å². The molecule has 25 heavy (non-hydrogen) atoms. The minimum absolute atomic E-state index is 0.167. The van der Waals surface area contributed by atoms with Crippen molar-refractivity contribution in [1.29, 1.82) is 0 Å². The molecule has 2 heterocycles. The molecule has 0 bridgehead atoms. The average molecular weight is 336 g/mol. The van der Waals surface area contributed by atoms with Gasteiger partial charge in [-0.25, -0.2) is 0 Å². The predicted octanol–water partition coefficient (Wildman–Crippen LogP) is 2.76. The van der Waals surface area contributed by atoms with Crippen molar-refractivity contribution in [2.24, 2.45) is 7.05 Å². The number of hydrogen-bond donors (Lipinski definition) is 1. The zero-order valence-electron chi connectivity index (χ0n) is 14.3. The first-order valence-corrected chi connectivity index (χ1v) is 8.09. The fraction of sp³-hybridized carbons (Fsp3) is 0.211. The number of nitrogens with zero attached hydrogens (tertiary/aromatic N) is 3. The van der Waals surface area contributed by atoms with E-state index < -0.39 is 0 Å². The molecule has 0 spiro atoms. The van der Waals surface area contributed by atoms with Crippen molar-refractivity contribution in [3.05, 3.63) is 65.9 Å². The molecule has 0 saturated carbocycles. The zero-order chi connectivity index (χ0) is 17.6. The first kappa shape index (κ1) is 16.7. The van der Waals surface area contributed by atoms with Gasteiger partial charge < -0.3 is 14.3 Å². The Kier molecular flexibility index (Phi) is 5.09. The molecule has 0 radical (unpaired) electrons. The number of aromatic nitrogens is 3. The van der Waals surface area contributed by atoms with Crippen molar-refractivity contribution in [2.45, 2.75) is 13.3 Å². The molecule has 128 valence electrons. The molecule has 6 heteroatoms. The summed E-state index contributed by atoms with van der Waals surface area (Å²) in [6, 6.07) is 13.6. The second kappa shape index (κ2) is 7.61. The molecule has 1 aromatic carbocycles. The van der Waals surface area contributed by atoms with Gasteiger partial charge in [-0.2, -0.15) is 0 Å². The van der Waals surface area contributed by atoms with Crippen molar-refractivity contribution in [3.63, 3.8) is 0 Å². The molecule has 2 aromatic heterocycles. The van der Waals surface area contributed by atoms with Crippen LogP contribution in [-0.2, 0) is 18.3 Å². The number of benzene rings is 1. The number of amides is 1. The molecule has 0 unspecified atom stereocenters. The van der Waals surface area contributed by atoms with Gasteiger partial charge in [0.25, 0.3) is 0 Å². The summed E-state index contributed by atoms with van der Waals surface area (Å²) in [4.78, 5) is 11.8. The fourth-order valence-electron chi connectivity index (χ4n) is 2.48. The molecular formula is C19H20N4O2. The van der Waals surface area contributed by atoms with Crippen LogP contribution in [-0.4, -0.2) is 27.2 Å². The van der Waals surface area contributed by atoms with Gasteiger partial charge >= 0.3 is 0 Å². The quantitative estimate of drug-likeness (QED) is 0.703. The Morgan fingerprint density at radius 2 is 2.00 bits per heavy atom. The zero-order valence-corrected chi connectivity index (χ0v) is 14.3. The molecule has 6 nitrogen and oxygen atoms in total. The number of nitrogens with one attached hydrogen (secondary N) is 1. The minimum Gasteiger partial charge on any atom is -0.462 e. The maximum Gasteiger partial charge on any atom is 0.244 e. The van der Waals surface area contributed by atoms with Crippen LogP contribution in [0.4, 0.5) is 0 Å². The maximum absolute atomic E-state index is 11.8. The van der Waals surface area contributed by atoms with Gasteiger partial charge in [-0.05, 0) is 25.1 Å². The molecular weight excluding hydrogens is 316 g/mol. The van der Waals surface area contributed by atoms with Crippen LogP contribution < -0.4 is 5.32 Å². The van der Waals surface area contributed by atoms with Gasteiger partial charge in [0, 0.05) is 31.7 Å². The van der Waals surface area contributed by atoms with Gasteiger partial charge in [0.2, 0.25) is 5.91 Å². The van der Waals surface area contributed by atoms with Crippen molar-refractivity contribution in [1.82, 2.24) is 20.1 Å². The van der Waals surface area contributed by atoms with Gasteiger partial charge in [-0.1, -0.05) is 30.3 Å². The van der Waals surface area contributed by atoms with Crippen molar-refractivity contribution in [2.75, 3.05) is 6.54 Å². The number of aryl methyl sites for hydroxylation is 1. The molecule has 0 atom stereocenters. The maximum atomic E-state index is 11.8. The Hall–Kier alpha value is -3.15. The second-order valence-electron chi connectivity index (χ2n) is 5.69. The van der Waals surface area contributed by atoms with Crippen LogP contribution in [0.1, 0.15) is 17.3 Å². The van der Waals surface area contributed by atoms with E-state index in [9.17, 15) is 4.79 Å². The Balaban J connectivity index is 1.53. The third kappa shape index (κ3) is 4.23. The Morgan fingerprint density at radius 3 is 2.72 bits per heavy atom. The van der Waals surface area contributed by atoms with Crippen LogP contribution >= 0.6 is 0 Å². The van der Waals surface area contributed by atoms with E-state index in [1.807, 2.05) is 61.0 Å². The summed E-state index contributed by atoms with van der Waals surface area (Å²) < 4.78 is 7.33. The Bertz CT molecular complexity index is 878. The summed E-state index contributed by atoms with van der Waals surface area (Å²) in [5.41, 5.74) is 1.02. The lowest BCUT2D eigenvalue weighted by Crippen LogP contribution is -2.24. The third-order valence-electron chi connectivity index (χ3n) is 3.80. The Labute approximate surface area is 146 Å². The number of carbonyl (C=O) groups excluding carboxylic acids is 1. The molecule has 3 aromatic rings. The van der Waals surface area contributed by atoms with Crippen LogP contribution in [0.25, 0.3) is 17.5 Å². The summed E-state index contributed by atoms with van der Waals surface area (Å²) in [5, 5.41) is 11.3. The summed E-state index contributed by atoms with van der Waals surface area (Å²) in [6.07, 6.45) is 3.72. The van der Waals surface area contributed by atoms with Crippen molar-refractivity contribution >= 4 is 12.0 Å². The molecule has 0 saturated heterocycles. The lowest BCUT2D eigenvalue weighted by molar-refractivity contribution is -0.116. The van der Waals surface area contributed by atoms with Crippen molar-refractivity contribution in [3.8, 4) is 11.4 Å². The molecule has 1 N–H and O–H groups in total. The summed E-state index contributed by atoms with van der Waals surface area (Å²) >= 11 is 0. The summed E-state index contributed by atoms with van der Waals surface area (Å²) in [7, 11) is 1.93. The highest BCUT2D eigenvalue weighted by molar-refractivity contribution is 5.91. The Morgan fingerprint density at radius 1 is 1.20 bits per heavy atom. The topological polar surface area (TPSA) is 73.0 Å². The molecule has 0 aliphatic carbocycles. The molecule has 0 fully saturated rings. The number of rotatable bonds is 6. The van der Waals surface area contributed by atoms with E-state index >= 15 is 0 Å². The van der Waals surface area contributed by atoms with E-state index in [4.69, 9.17) is 4.42 Å². The summed E-state index contributed by atoms with van der Waals surface area (Å²) in [5.74, 6) is 2.95. The lowest BCUT2D eigenvalue weighted by atomic mass is 10.2. The first-order chi connectivity index (χ1) is 12.1. The van der Waals surface area contributed by atoms with Crippen LogP contribution in [0.5, 0.6) is 0 Å². The lowest BCUT2D eigenvalue weighted by Gasteiger charge is -2.04. The highest BCUT2D eigenvalue weighted by atomic mass is 16.3. The smallest absolute Gasteiger partial charge is 0.244 e. The average Bonchev–Trinajstić information content (AvgIpc) is 3.20. The van der Waals surface area contributed by atoms with Crippen molar-refractivity contribution < 1.29 is 9.21 Å². The predicted molar refractivity (Wildman–Crippen MR) is 95.6 cm³/mol. The number of furan rings is 1. The van der Waals surface area contributed by atoms with Crippen LogP contribution in [0, 0.1) is 6.92 Å². The number of carbonyl (C=O) groups is 1. The standard InChI is InChI=1S/C19H20N4O2/c1-14-8-9-16(25-14)10-11-18(24)20-13-12-17-21-22-19(23(17)2)15-6-4-3-5-7-15/h3-11H,12-13H2,1-2H3,(H,20,24)/b11-10+. The second-order valence-corrected chi connectivity index (χ2v) is 5.69. The molecule has 1 amide bonds. The highest BCUT2D eigenvalue weighted by Crippen LogP contribution is 2.16. The van der Waals surface area contributed by atoms with Crippen LogP contribution in [0.3, 0.4) is 0 Å². The minimum atomic E-state index is -0.167. The monoisotopic (exact) mass is 336 g/mol. The largest absolute Gasteiger partial charge is 0.462 e. The van der Waals surface area contributed by atoms with E-state index in [1.54, 1.807) is 6.08 Å². The number of hydrogen-bond acceptors (Lipinski definition) is 4. The molecule has 3 rings (SSSR count). The van der Waals surface area contributed by atoms with Gasteiger partial charge in [0.05, 0.1) is 0 Å². The van der Waals surface area contributed by atoms with E-state index in [1.165, 1.54) is 6.08 Å². The van der Waals surface area contributed by atoms with Gasteiger partial charge in [0.15, 0.2) is 5.82 Å². The highest BCUT2D eigenvalue weighted by Gasteiger charge is 2.10. The van der Waals surface area contributed by atoms with Crippen LogP contribution in [0.15, 0.2) is 53.0 Å². The molecule has 0 aliphatic rings.